The number of hydrogen-bond acceptors (Lipinski definition) is 6. The van der Waals surface area contributed by atoms with Gasteiger partial charge in [-0.3, -0.25) is 9.78 Å². The Hall–Kier alpha value is -2.64. The number of nitrogens with zero attached hydrogens (tertiary/aromatic N) is 2. The van der Waals surface area contributed by atoms with Crippen LogP contribution in [0.3, 0.4) is 0 Å². The van der Waals surface area contributed by atoms with Crippen LogP contribution in [0.4, 0.5) is 0 Å². The molecule has 4 atom stereocenters. The van der Waals surface area contributed by atoms with Crippen LogP contribution in [0.5, 0.6) is 5.75 Å². The van der Waals surface area contributed by atoms with Gasteiger partial charge in [0.1, 0.15) is 17.5 Å². The number of fused-ring (bicyclic) bond motifs is 1. The minimum absolute atomic E-state index is 0.178. The molecule has 2 heterocycles. The number of methoxy groups -OCH3 is 1. The maximum atomic E-state index is 12.9. The van der Waals surface area contributed by atoms with Crippen LogP contribution < -0.4 is 4.74 Å². The van der Waals surface area contributed by atoms with Crippen molar-refractivity contribution in [2.45, 2.75) is 25.0 Å². The molecule has 0 unspecified atom stereocenters. The number of rotatable bonds is 4. The van der Waals surface area contributed by atoms with Gasteiger partial charge in [-0.05, 0) is 55.0 Å². The summed E-state index contributed by atoms with van der Waals surface area (Å²) in [6.45, 7) is 1.16. The molecule has 1 saturated heterocycles. The summed E-state index contributed by atoms with van der Waals surface area (Å²) in [5, 5.41) is 11.2. The maximum Gasteiger partial charge on any atom is 0.339 e. The molecular weight excluding hydrogens is 408 g/mol. The third-order valence-corrected chi connectivity index (χ3v) is 6.09. The third-order valence-electron chi connectivity index (χ3n) is 5.86. The van der Waals surface area contributed by atoms with Crippen molar-refractivity contribution in [1.82, 2.24) is 9.88 Å². The number of pyridine rings is 1. The van der Waals surface area contributed by atoms with Gasteiger partial charge in [0.05, 0.1) is 18.8 Å². The maximum absolute atomic E-state index is 12.9. The zero-order valence-electron chi connectivity index (χ0n) is 16.5. The van der Waals surface area contributed by atoms with E-state index in [0.29, 0.717) is 42.3 Å². The molecule has 1 aromatic carbocycles. The molecule has 158 valence electrons. The van der Waals surface area contributed by atoms with E-state index in [1.807, 2.05) is 12.1 Å². The van der Waals surface area contributed by atoms with E-state index in [9.17, 15) is 14.7 Å². The first kappa shape index (κ1) is 20.6. The quantitative estimate of drug-likeness (QED) is 0.750. The standard InChI is InChI=1S/C22H23ClN2O5/c1-29-22(28)13-5-6-18(24-10-13)21(27)25-11-14-7-19(26)20(8-15(14)12-25)30-17-4-2-3-16(23)9-17/h2-6,9-10,14-15,19-20,26H,7-8,11-12H2,1H3/t14-,15+,19+,20+/m0/s1. The summed E-state index contributed by atoms with van der Waals surface area (Å²) in [5.41, 5.74) is 0.585. The number of carbonyl (C=O) groups is 2. The number of benzene rings is 1. The summed E-state index contributed by atoms with van der Waals surface area (Å²) in [7, 11) is 1.30. The predicted molar refractivity (Wildman–Crippen MR) is 110 cm³/mol. The second-order valence-electron chi connectivity index (χ2n) is 7.81. The molecule has 8 heteroatoms. The van der Waals surface area contributed by atoms with Crippen LogP contribution in [0.1, 0.15) is 33.7 Å². The third kappa shape index (κ3) is 4.27. The lowest BCUT2D eigenvalue weighted by Crippen LogP contribution is -2.42. The zero-order valence-corrected chi connectivity index (χ0v) is 17.3. The van der Waals surface area contributed by atoms with E-state index in [1.165, 1.54) is 25.4 Å². The molecule has 30 heavy (non-hydrogen) atoms. The normalized spacial score (nSPS) is 25.5. The van der Waals surface area contributed by atoms with Gasteiger partial charge in [0.2, 0.25) is 0 Å². The van der Waals surface area contributed by atoms with E-state index < -0.39 is 12.1 Å². The fraction of sp³-hybridized carbons (Fsp3) is 0.409. The van der Waals surface area contributed by atoms with Crippen LogP contribution in [0, 0.1) is 11.8 Å². The summed E-state index contributed by atoms with van der Waals surface area (Å²) in [4.78, 5) is 30.3. The highest BCUT2D eigenvalue weighted by Gasteiger charge is 2.44. The molecule has 0 radical (unpaired) electrons. The van der Waals surface area contributed by atoms with Crippen molar-refractivity contribution in [1.29, 1.82) is 0 Å². The van der Waals surface area contributed by atoms with E-state index >= 15 is 0 Å². The summed E-state index contributed by atoms with van der Waals surface area (Å²) in [5.74, 6) is 0.426. The van der Waals surface area contributed by atoms with Crippen molar-refractivity contribution in [3.05, 3.63) is 58.9 Å². The zero-order chi connectivity index (χ0) is 21.3. The van der Waals surface area contributed by atoms with Crippen LogP contribution in [0.2, 0.25) is 5.02 Å². The Morgan fingerprint density at radius 1 is 1.17 bits per heavy atom. The molecule has 1 aliphatic carbocycles. The highest BCUT2D eigenvalue weighted by Crippen LogP contribution is 2.38. The summed E-state index contributed by atoms with van der Waals surface area (Å²) >= 11 is 6.02. The number of likely N-dealkylation sites (tertiary alicyclic amines) is 1. The Bertz CT molecular complexity index is 935. The number of hydrogen-bond donors (Lipinski definition) is 1. The molecular formula is C22H23ClN2O5. The lowest BCUT2D eigenvalue weighted by molar-refractivity contribution is -0.0231. The number of aliphatic hydroxyl groups excluding tert-OH is 1. The highest BCUT2D eigenvalue weighted by molar-refractivity contribution is 6.30. The molecule has 1 amide bonds. The van der Waals surface area contributed by atoms with Crippen LogP contribution in [0.25, 0.3) is 0 Å². The van der Waals surface area contributed by atoms with Crippen molar-refractivity contribution in [2.24, 2.45) is 11.8 Å². The number of aliphatic hydroxyl groups is 1. The lowest BCUT2D eigenvalue weighted by Gasteiger charge is -2.35. The van der Waals surface area contributed by atoms with Crippen molar-refractivity contribution in [3.8, 4) is 5.75 Å². The average Bonchev–Trinajstić information content (AvgIpc) is 3.15. The van der Waals surface area contributed by atoms with E-state index in [2.05, 4.69) is 9.72 Å². The second kappa shape index (κ2) is 8.62. The number of halogens is 1. The number of esters is 1. The van der Waals surface area contributed by atoms with Crippen molar-refractivity contribution >= 4 is 23.5 Å². The molecule has 2 aliphatic rings. The van der Waals surface area contributed by atoms with Gasteiger partial charge in [-0.2, -0.15) is 0 Å². The van der Waals surface area contributed by atoms with Gasteiger partial charge in [0, 0.05) is 24.3 Å². The van der Waals surface area contributed by atoms with E-state index in [0.717, 1.165) is 0 Å². The number of amides is 1. The van der Waals surface area contributed by atoms with Crippen LogP contribution in [-0.4, -0.2) is 59.3 Å². The van der Waals surface area contributed by atoms with E-state index in [-0.39, 0.29) is 29.5 Å². The Kier molecular flexibility index (Phi) is 5.92. The van der Waals surface area contributed by atoms with Gasteiger partial charge in [0.15, 0.2) is 0 Å². The first-order valence-electron chi connectivity index (χ1n) is 9.88. The summed E-state index contributed by atoms with van der Waals surface area (Å²) < 4.78 is 10.6. The molecule has 1 aromatic heterocycles. The Morgan fingerprint density at radius 2 is 1.93 bits per heavy atom. The van der Waals surface area contributed by atoms with E-state index in [1.54, 1.807) is 17.0 Å². The summed E-state index contributed by atoms with van der Waals surface area (Å²) in [6.07, 6.45) is 1.65. The monoisotopic (exact) mass is 430 g/mol. The number of aromatic nitrogens is 1. The fourth-order valence-corrected chi connectivity index (χ4v) is 4.50. The summed E-state index contributed by atoms with van der Waals surface area (Å²) in [6, 6.07) is 10.2. The van der Waals surface area contributed by atoms with Gasteiger partial charge in [-0.1, -0.05) is 17.7 Å². The molecule has 1 saturated carbocycles. The smallest absolute Gasteiger partial charge is 0.339 e. The molecule has 7 nitrogen and oxygen atoms in total. The minimum atomic E-state index is -0.599. The van der Waals surface area contributed by atoms with E-state index in [4.69, 9.17) is 16.3 Å². The molecule has 2 aromatic rings. The second-order valence-corrected chi connectivity index (χ2v) is 8.24. The molecule has 0 spiro atoms. The van der Waals surface area contributed by atoms with Gasteiger partial charge in [-0.25, -0.2) is 4.79 Å². The molecule has 4 rings (SSSR count). The Balaban J connectivity index is 1.40. The molecule has 1 N–H and O–H groups in total. The molecule has 2 fully saturated rings. The molecule has 0 bridgehead atoms. The Labute approximate surface area is 179 Å². The van der Waals surface area contributed by atoms with Crippen molar-refractivity contribution < 1.29 is 24.2 Å². The van der Waals surface area contributed by atoms with Gasteiger partial charge < -0.3 is 19.5 Å². The van der Waals surface area contributed by atoms with Crippen LogP contribution in [0.15, 0.2) is 42.6 Å². The minimum Gasteiger partial charge on any atom is -0.488 e. The average molecular weight is 431 g/mol. The van der Waals surface area contributed by atoms with Crippen LogP contribution >= 0.6 is 11.6 Å². The molecule has 1 aliphatic heterocycles. The van der Waals surface area contributed by atoms with Gasteiger partial charge >= 0.3 is 5.97 Å². The van der Waals surface area contributed by atoms with Crippen molar-refractivity contribution in [2.75, 3.05) is 20.2 Å². The highest BCUT2D eigenvalue weighted by atomic mass is 35.5. The fourth-order valence-electron chi connectivity index (χ4n) is 4.32. The largest absolute Gasteiger partial charge is 0.488 e. The number of ether oxygens (including phenoxy) is 2. The first-order chi connectivity index (χ1) is 14.4. The Morgan fingerprint density at radius 3 is 2.60 bits per heavy atom. The van der Waals surface area contributed by atoms with Crippen molar-refractivity contribution in [3.63, 3.8) is 0 Å². The van der Waals surface area contributed by atoms with Gasteiger partial charge in [0.25, 0.3) is 5.91 Å². The first-order valence-corrected chi connectivity index (χ1v) is 10.3. The lowest BCUT2D eigenvalue weighted by atomic mass is 9.78. The topological polar surface area (TPSA) is 89.0 Å². The SMILES string of the molecule is COC(=O)c1ccc(C(=O)N2C[C@H]3C[C@@H](Oc4cccc(Cl)c4)[C@H](O)C[C@H]3C2)nc1. The number of carbonyl (C=O) groups excluding carboxylic acids is 2. The van der Waals surface area contributed by atoms with Gasteiger partial charge in [-0.15, -0.1) is 0 Å². The van der Waals surface area contributed by atoms with Crippen LogP contribution in [-0.2, 0) is 4.74 Å². The predicted octanol–water partition coefficient (Wildman–Crippen LogP) is 2.81.